The first kappa shape index (κ1) is 14.1. The molecule has 0 unspecified atom stereocenters. The molecule has 2 aromatic carbocycles. The molecular formula is C17H19N2O. The van der Waals surface area contributed by atoms with E-state index in [1.54, 1.807) is 12.1 Å². The van der Waals surface area contributed by atoms with Gasteiger partial charge < -0.3 is 10.5 Å². The number of nitrogen functional groups attached to an aromatic ring is 1. The summed E-state index contributed by atoms with van der Waals surface area (Å²) in [6, 6.07) is 16.5. The molecule has 0 aliphatic rings. The van der Waals surface area contributed by atoms with Crippen molar-refractivity contribution in [3.63, 3.8) is 0 Å². The standard InChI is InChI=1S/C17H19N2O/c1-2-3-11-20-16-9-7-13(8-10-16)14-5-4-6-15(12-14)17(18)19/h4,6-10,12H,2-3,11H2,1H3,(H3,18,19). The Kier molecular flexibility index (Phi) is 4.77. The zero-order chi connectivity index (χ0) is 14.4. The molecule has 2 rings (SSSR count). The van der Waals surface area contributed by atoms with Gasteiger partial charge in [-0.2, -0.15) is 0 Å². The van der Waals surface area contributed by atoms with Crippen molar-refractivity contribution in [2.75, 3.05) is 6.61 Å². The maximum atomic E-state index is 7.47. The third-order valence-electron chi connectivity index (χ3n) is 3.04. The molecule has 3 heteroatoms. The number of hydrogen-bond donors (Lipinski definition) is 2. The lowest BCUT2D eigenvalue weighted by atomic mass is 10.0. The summed E-state index contributed by atoms with van der Waals surface area (Å²) in [5.74, 6) is 0.949. The predicted molar refractivity (Wildman–Crippen MR) is 82.1 cm³/mol. The van der Waals surface area contributed by atoms with E-state index < -0.39 is 0 Å². The molecule has 0 atom stereocenters. The maximum Gasteiger partial charge on any atom is 0.122 e. The molecule has 0 aliphatic heterocycles. The van der Waals surface area contributed by atoms with E-state index in [-0.39, 0.29) is 5.84 Å². The Morgan fingerprint density at radius 2 is 2.00 bits per heavy atom. The number of rotatable bonds is 6. The minimum atomic E-state index is 0.0692. The van der Waals surface area contributed by atoms with Gasteiger partial charge in [-0.3, -0.25) is 5.41 Å². The summed E-state index contributed by atoms with van der Waals surface area (Å²) >= 11 is 0. The summed E-state index contributed by atoms with van der Waals surface area (Å²) in [6.45, 7) is 2.89. The quantitative estimate of drug-likeness (QED) is 0.477. The Hall–Kier alpha value is -2.29. The molecular weight excluding hydrogens is 248 g/mol. The van der Waals surface area contributed by atoms with Crippen LogP contribution in [0.1, 0.15) is 25.3 Å². The van der Waals surface area contributed by atoms with Gasteiger partial charge in [0, 0.05) is 5.56 Å². The van der Waals surface area contributed by atoms with E-state index in [2.05, 4.69) is 13.0 Å². The molecule has 0 heterocycles. The van der Waals surface area contributed by atoms with Crippen LogP contribution in [0.2, 0.25) is 0 Å². The molecule has 0 saturated heterocycles. The van der Waals surface area contributed by atoms with Crippen LogP contribution in [0.3, 0.4) is 0 Å². The summed E-state index contributed by atoms with van der Waals surface area (Å²) in [6.07, 6.45) is 2.20. The Bertz CT molecular complexity index is 576. The van der Waals surface area contributed by atoms with Crippen LogP contribution in [-0.2, 0) is 0 Å². The normalized spacial score (nSPS) is 10.2. The van der Waals surface area contributed by atoms with Gasteiger partial charge in [0.15, 0.2) is 0 Å². The fourth-order valence-electron chi connectivity index (χ4n) is 1.87. The third kappa shape index (κ3) is 3.60. The average molecular weight is 267 g/mol. The van der Waals surface area contributed by atoms with Crippen LogP contribution in [0.4, 0.5) is 0 Å². The second-order valence-electron chi connectivity index (χ2n) is 4.63. The van der Waals surface area contributed by atoms with Crippen molar-refractivity contribution in [1.82, 2.24) is 0 Å². The fourth-order valence-corrected chi connectivity index (χ4v) is 1.87. The highest BCUT2D eigenvalue weighted by molar-refractivity contribution is 5.96. The first-order valence-electron chi connectivity index (χ1n) is 6.80. The smallest absolute Gasteiger partial charge is 0.122 e. The molecule has 0 saturated carbocycles. The van der Waals surface area contributed by atoms with Gasteiger partial charge in [-0.25, -0.2) is 0 Å². The van der Waals surface area contributed by atoms with Gasteiger partial charge in [-0.15, -0.1) is 0 Å². The highest BCUT2D eigenvalue weighted by atomic mass is 16.5. The molecule has 20 heavy (non-hydrogen) atoms. The van der Waals surface area contributed by atoms with Gasteiger partial charge >= 0.3 is 0 Å². The number of nitrogens with two attached hydrogens (primary N) is 1. The lowest BCUT2D eigenvalue weighted by Gasteiger charge is -2.07. The van der Waals surface area contributed by atoms with E-state index in [0.29, 0.717) is 5.56 Å². The van der Waals surface area contributed by atoms with Crippen LogP contribution in [0.15, 0.2) is 42.5 Å². The van der Waals surface area contributed by atoms with Gasteiger partial charge in [-0.05, 0) is 41.8 Å². The average Bonchev–Trinajstić information content (AvgIpc) is 2.48. The molecule has 3 N–H and O–H groups in total. The molecule has 1 radical (unpaired) electrons. The summed E-state index contributed by atoms with van der Waals surface area (Å²) < 4.78 is 5.63. The van der Waals surface area contributed by atoms with Crippen LogP contribution in [0, 0.1) is 11.5 Å². The molecule has 103 valence electrons. The van der Waals surface area contributed by atoms with Gasteiger partial charge in [-0.1, -0.05) is 37.6 Å². The van der Waals surface area contributed by atoms with E-state index in [9.17, 15) is 0 Å². The topological polar surface area (TPSA) is 59.1 Å². The summed E-state index contributed by atoms with van der Waals surface area (Å²) in [5, 5.41) is 7.47. The number of ether oxygens (including phenoxy) is 1. The van der Waals surface area contributed by atoms with E-state index in [1.807, 2.05) is 30.3 Å². The molecule has 0 aliphatic carbocycles. The van der Waals surface area contributed by atoms with Crippen LogP contribution in [-0.4, -0.2) is 12.4 Å². The lowest BCUT2D eigenvalue weighted by Crippen LogP contribution is -2.10. The molecule has 0 fully saturated rings. The van der Waals surface area contributed by atoms with E-state index in [4.69, 9.17) is 15.9 Å². The number of benzene rings is 2. The first-order chi connectivity index (χ1) is 9.70. The van der Waals surface area contributed by atoms with Crippen molar-refractivity contribution >= 4 is 5.84 Å². The number of unbranched alkanes of at least 4 members (excludes halogenated alkanes) is 1. The van der Waals surface area contributed by atoms with Crippen molar-refractivity contribution in [1.29, 1.82) is 5.41 Å². The Morgan fingerprint density at radius 1 is 1.25 bits per heavy atom. The largest absolute Gasteiger partial charge is 0.494 e. The van der Waals surface area contributed by atoms with Gasteiger partial charge in [0.25, 0.3) is 0 Å². The van der Waals surface area contributed by atoms with Crippen molar-refractivity contribution in [3.8, 4) is 16.9 Å². The molecule has 3 nitrogen and oxygen atoms in total. The molecule has 0 aromatic heterocycles. The summed E-state index contributed by atoms with van der Waals surface area (Å²) in [4.78, 5) is 0. The van der Waals surface area contributed by atoms with Crippen LogP contribution in [0.5, 0.6) is 5.75 Å². The summed E-state index contributed by atoms with van der Waals surface area (Å²) in [7, 11) is 0. The zero-order valence-corrected chi connectivity index (χ0v) is 11.6. The number of amidine groups is 1. The van der Waals surface area contributed by atoms with Gasteiger partial charge in [0.2, 0.25) is 0 Å². The number of hydrogen-bond acceptors (Lipinski definition) is 2. The first-order valence-corrected chi connectivity index (χ1v) is 6.80. The summed E-state index contributed by atoms with van der Waals surface area (Å²) in [5.41, 5.74) is 8.18. The minimum absolute atomic E-state index is 0.0692. The highest BCUT2D eigenvalue weighted by Crippen LogP contribution is 2.23. The van der Waals surface area contributed by atoms with Crippen molar-refractivity contribution in [3.05, 3.63) is 54.1 Å². The predicted octanol–water partition coefficient (Wildman–Crippen LogP) is 3.62. The molecule has 0 bridgehead atoms. The second-order valence-corrected chi connectivity index (χ2v) is 4.63. The van der Waals surface area contributed by atoms with Crippen molar-refractivity contribution in [2.45, 2.75) is 19.8 Å². The molecule has 0 amide bonds. The van der Waals surface area contributed by atoms with Gasteiger partial charge in [0.05, 0.1) is 6.61 Å². The monoisotopic (exact) mass is 267 g/mol. The van der Waals surface area contributed by atoms with Crippen LogP contribution >= 0.6 is 0 Å². The SMILES string of the molecule is CCCCOc1ccc(-c2[c]ccc(C(=N)N)c2)cc1. The Balaban J connectivity index is 2.13. The van der Waals surface area contributed by atoms with E-state index in [0.717, 1.165) is 36.3 Å². The van der Waals surface area contributed by atoms with Crippen LogP contribution in [0.25, 0.3) is 11.1 Å². The maximum absolute atomic E-state index is 7.47. The fraction of sp³-hybridized carbons (Fsp3) is 0.235. The van der Waals surface area contributed by atoms with E-state index >= 15 is 0 Å². The van der Waals surface area contributed by atoms with E-state index in [1.165, 1.54) is 0 Å². The Morgan fingerprint density at radius 3 is 2.65 bits per heavy atom. The highest BCUT2D eigenvalue weighted by Gasteiger charge is 2.02. The van der Waals surface area contributed by atoms with Crippen LogP contribution < -0.4 is 10.5 Å². The van der Waals surface area contributed by atoms with Gasteiger partial charge in [0.1, 0.15) is 11.6 Å². The van der Waals surface area contributed by atoms with Crippen molar-refractivity contribution in [2.24, 2.45) is 5.73 Å². The number of nitrogens with one attached hydrogen (secondary N) is 1. The lowest BCUT2D eigenvalue weighted by molar-refractivity contribution is 0.309. The second kappa shape index (κ2) is 6.75. The zero-order valence-electron chi connectivity index (χ0n) is 11.6. The van der Waals surface area contributed by atoms with Crippen molar-refractivity contribution < 1.29 is 4.74 Å². The Labute approximate surface area is 119 Å². The third-order valence-corrected chi connectivity index (χ3v) is 3.04. The minimum Gasteiger partial charge on any atom is -0.494 e. The molecule has 0 spiro atoms. The molecule has 2 aromatic rings.